The van der Waals surface area contributed by atoms with Crippen LogP contribution in [-0.2, 0) is 9.59 Å². The molecule has 1 aliphatic carbocycles. The quantitative estimate of drug-likeness (QED) is 0.731. The molecule has 0 atom stereocenters. The molecule has 1 amide bonds. The van der Waals surface area contributed by atoms with E-state index in [1.165, 1.54) is 4.90 Å². The summed E-state index contributed by atoms with van der Waals surface area (Å²) in [5.74, 6) is -0.959. The first-order chi connectivity index (χ1) is 7.93. The molecule has 6 heteroatoms. The van der Waals surface area contributed by atoms with Crippen LogP contribution in [0.25, 0.3) is 0 Å². The van der Waals surface area contributed by atoms with E-state index in [1.54, 1.807) is 7.05 Å². The van der Waals surface area contributed by atoms with Crippen LogP contribution in [0.15, 0.2) is 0 Å². The van der Waals surface area contributed by atoms with E-state index in [9.17, 15) is 14.7 Å². The van der Waals surface area contributed by atoms with Gasteiger partial charge in [0.1, 0.15) is 0 Å². The molecule has 0 aromatic rings. The minimum Gasteiger partial charge on any atom is -0.481 e. The van der Waals surface area contributed by atoms with Gasteiger partial charge in [-0.15, -0.1) is 11.8 Å². The summed E-state index contributed by atoms with van der Waals surface area (Å²) in [6.45, 7) is 0.347. The monoisotopic (exact) mass is 261 g/mol. The number of amides is 1. The van der Waals surface area contributed by atoms with Gasteiger partial charge in [0.2, 0.25) is 5.91 Å². The van der Waals surface area contributed by atoms with Crippen molar-refractivity contribution in [3.63, 3.8) is 0 Å². The number of nitrogens with zero attached hydrogens (tertiary/aromatic N) is 1. The number of hydrogen-bond donors (Lipinski definition) is 2. The molecule has 5 nitrogen and oxygen atoms in total. The van der Waals surface area contributed by atoms with E-state index < -0.39 is 11.6 Å². The first-order valence-corrected chi connectivity index (χ1v) is 6.84. The van der Waals surface area contributed by atoms with Crippen LogP contribution in [0.3, 0.4) is 0 Å². The van der Waals surface area contributed by atoms with Crippen LogP contribution in [-0.4, -0.2) is 57.7 Å². The zero-order valence-electron chi connectivity index (χ0n) is 10.0. The molecular weight excluding hydrogens is 242 g/mol. The topological polar surface area (TPSA) is 77.8 Å². The zero-order valence-corrected chi connectivity index (χ0v) is 10.8. The summed E-state index contributed by atoms with van der Waals surface area (Å²) >= 11 is 1.08. The van der Waals surface area contributed by atoms with Crippen molar-refractivity contribution in [1.82, 2.24) is 4.90 Å². The third-order valence-corrected chi connectivity index (χ3v) is 3.84. The molecule has 0 aromatic heterocycles. The van der Waals surface area contributed by atoms with Crippen LogP contribution >= 0.6 is 11.8 Å². The third-order valence-electron chi connectivity index (χ3n) is 2.94. The second-order valence-electron chi connectivity index (χ2n) is 4.57. The maximum atomic E-state index is 11.7. The van der Waals surface area contributed by atoms with Gasteiger partial charge in [0.05, 0.1) is 17.1 Å². The van der Waals surface area contributed by atoms with Gasteiger partial charge in [0, 0.05) is 13.6 Å². The van der Waals surface area contributed by atoms with Crippen LogP contribution in [0.4, 0.5) is 0 Å². The second kappa shape index (κ2) is 6.26. The van der Waals surface area contributed by atoms with Crippen molar-refractivity contribution in [2.75, 3.05) is 25.1 Å². The highest BCUT2D eigenvalue weighted by Gasteiger charge is 2.33. The summed E-state index contributed by atoms with van der Waals surface area (Å²) in [5, 5.41) is 18.6. The van der Waals surface area contributed by atoms with Gasteiger partial charge in [-0.3, -0.25) is 9.59 Å². The Balaban J connectivity index is 2.28. The summed E-state index contributed by atoms with van der Waals surface area (Å²) in [5.41, 5.74) is -0.734. The number of hydrogen-bond acceptors (Lipinski definition) is 4. The van der Waals surface area contributed by atoms with E-state index in [-0.39, 0.29) is 17.4 Å². The predicted molar refractivity (Wildman–Crippen MR) is 66.0 cm³/mol. The number of likely N-dealkylation sites (N-methyl/N-ethyl adjacent to an activating group) is 1. The van der Waals surface area contributed by atoms with Crippen LogP contribution in [0.2, 0.25) is 0 Å². The molecular formula is C11H19NO4S. The number of carbonyl (C=O) groups is 2. The molecule has 0 aliphatic heterocycles. The fourth-order valence-electron chi connectivity index (χ4n) is 2.06. The van der Waals surface area contributed by atoms with Gasteiger partial charge in [0.15, 0.2) is 0 Å². The number of aliphatic hydroxyl groups is 1. The maximum absolute atomic E-state index is 11.7. The van der Waals surface area contributed by atoms with Crippen LogP contribution in [0.5, 0.6) is 0 Å². The predicted octanol–water partition coefficient (Wildman–Crippen LogP) is 0.568. The second-order valence-corrected chi connectivity index (χ2v) is 5.55. The van der Waals surface area contributed by atoms with E-state index in [1.807, 2.05) is 0 Å². The molecule has 0 heterocycles. The molecule has 1 rings (SSSR count). The summed E-state index contributed by atoms with van der Waals surface area (Å²) in [6, 6.07) is 0. The summed E-state index contributed by atoms with van der Waals surface area (Å²) in [4.78, 5) is 23.5. The molecule has 1 aliphatic rings. The van der Waals surface area contributed by atoms with Gasteiger partial charge in [-0.05, 0) is 12.8 Å². The number of carboxylic acid groups (broad SMARTS) is 1. The van der Waals surface area contributed by atoms with Gasteiger partial charge >= 0.3 is 5.97 Å². The van der Waals surface area contributed by atoms with Crippen molar-refractivity contribution < 1.29 is 19.8 Å². The summed E-state index contributed by atoms with van der Waals surface area (Å²) in [7, 11) is 1.65. The lowest BCUT2D eigenvalue weighted by Gasteiger charge is -2.28. The van der Waals surface area contributed by atoms with Gasteiger partial charge in [-0.25, -0.2) is 0 Å². The molecule has 17 heavy (non-hydrogen) atoms. The Kier molecular flexibility index (Phi) is 5.27. The average Bonchev–Trinajstić information content (AvgIpc) is 2.64. The van der Waals surface area contributed by atoms with Crippen LogP contribution in [0, 0.1) is 0 Å². The fraction of sp³-hybridized carbons (Fsp3) is 0.818. The smallest absolute Gasteiger partial charge is 0.313 e. The molecule has 0 radical (unpaired) electrons. The Morgan fingerprint density at radius 2 is 1.88 bits per heavy atom. The lowest BCUT2D eigenvalue weighted by Crippen LogP contribution is -2.42. The Morgan fingerprint density at radius 3 is 2.41 bits per heavy atom. The molecule has 98 valence electrons. The molecule has 0 saturated heterocycles. The fourth-order valence-corrected chi connectivity index (χ4v) is 2.73. The maximum Gasteiger partial charge on any atom is 0.313 e. The molecule has 1 saturated carbocycles. The summed E-state index contributed by atoms with van der Waals surface area (Å²) < 4.78 is 0. The lowest BCUT2D eigenvalue weighted by molar-refractivity contribution is -0.133. The highest BCUT2D eigenvalue weighted by Crippen LogP contribution is 2.29. The number of aliphatic carboxylic acids is 1. The Labute approximate surface area is 105 Å². The molecule has 0 spiro atoms. The van der Waals surface area contributed by atoms with Gasteiger partial charge in [-0.2, -0.15) is 0 Å². The normalized spacial score (nSPS) is 18.0. The first-order valence-electron chi connectivity index (χ1n) is 5.69. The van der Waals surface area contributed by atoms with Crippen molar-refractivity contribution in [2.45, 2.75) is 31.3 Å². The Bertz CT molecular complexity index is 289. The Morgan fingerprint density at radius 1 is 1.29 bits per heavy atom. The van der Waals surface area contributed by atoms with Gasteiger partial charge in [0.25, 0.3) is 0 Å². The molecule has 0 unspecified atom stereocenters. The van der Waals surface area contributed by atoms with E-state index in [2.05, 4.69) is 0 Å². The molecule has 1 fully saturated rings. The van der Waals surface area contributed by atoms with Crippen molar-refractivity contribution in [1.29, 1.82) is 0 Å². The first kappa shape index (κ1) is 14.3. The lowest BCUT2D eigenvalue weighted by atomic mass is 10.0. The highest BCUT2D eigenvalue weighted by atomic mass is 32.2. The number of thioether (sulfide) groups is 1. The van der Waals surface area contributed by atoms with Crippen LogP contribution < -0.4 is 0 Å². The van der Waals surface area contributed by atoms with Gasteiger partial charge in [-0.1, -0.05) is 12.8 Å². The van der Waals surface area contributed by atoms with Crippen molar-refractivity contribution in [2.24, 2.45) is 0 Å². The van der Waals surface area contributed by atoms with Crippen LogP contribution in [0.1, 0.15) is 25.7 Å². The largest absolute Gasteiger partial charge is 0.481 e. The molecule has 2 N–H and O–H groups in total. The molecule has 0 aromatic carbocycles. The van der Waals surface area contributed by atoms with E-state index in [0.29, 0.717) is 6.54 Å². The number of carbonyl (C=O) groups excluding carboxylic acids is 1. The Hall–Kier alpha value is -0.750. The highest BCUT2D eigenvalue weighted by molar-refractivity contribution is 8.00. The van der Waals surface area contributed by atoms with E-state index in [0.717, 1.165) is 37.4 Å². The van der Waals surface area contributed by atoms with Crippen molar-refractivity contribution in [3.05, 3.63) is 0 Å². The SMILES string of the molecule is CN(CC1(O)CCCC1)C(=O)CSCC(=O)O. The van der Waals surface area contributed by atoms with Crippen molar-refractivity contribution in [3.8, 4) is 0 Å². The number of carboxylic acids is 1. The molecule has 0 bridgehead atoms. The van der Waals surface area contributed by atoms with E-state index in [4.69, 9.17) is 5.11 Å². The van der Waals surface area contributed by atoms with Gasteiger partial charge < -0.3 is 15.1 Å². The minimum absolute atomic E-state index is 0.0656. The average molecular weight is 261 g/mol. The standard InChI is InChI=1S/C11H19NO4S/c1-12(8-11(16)4-2-3-5-11)9(13)6-17-7-10(14)15/h16H,2-8H2,1H3,(H,14,15). The number of rotatable bonds is 6. The van der Waals surface area contributed by atoms with E-state index >= 15 is 0 Å². The summed E-state index contributed by atoms with van der Waals surface area (Å²) in [6.07, 6.45) is 3.50. The third kappa shape index (κ3) is 4.95. The van der Waals surface area contributed by atoms with Crippen molar-refractivity contribution >= 4 is 23.6 Å². The minimum atomic E-state index is -0.917. The zero-order chi connectivity index (χ0) is 12.9.